The van der Waals surface area contributed by atoms with Gasteiger partial charge in [0.05, 0.1) is 31.7 Å². The second-order valence-corrected chi connectivity index (χ2v) is 7.86. The van der Waals surface area contributed by atoms with Crippen molar-refractivity contribution in [1.29, 1.82) is 0 Å². The van der Waals surface area contributed by atoms with Crippen LogP contribution in [0.2, 0.25) is 0 Å². The molecule has 0 spiro atoms. The van der Waals surface area contributed by atoms with Crippen LogP contribution in [0.5, 0.6) is 11.5 Å². The summed E-state index contributed by atoms with van der Waals surface area (Å²) in [6.07, 6.45) is 0. The van der Waals surface area contributed by atoms with Gasteiger partial charge in [-0.15, -0.1) is 0 Å². The number of nitrogens with one attached hydrogen (secondary N) is 1. The second kappa shape index (κ2) is 8.90. The van der Waals surface area contributed by atoms with Gasteiger partial charge in [0.25, 0.3) is 5.56 Å². The van der Waals surface area contributed by atoms with E-state index in [1.165, 1.54) is 0 Å². The number of aliphatic imine (C=N–C) groups is 1. The van der Waals surface area contributed by atoms with Gasteiger partial charge in [-0.25, -0.2) is 4.98 Å². The van der Waals surface area contributed by atoms with Crippen molar-refractivity contribution >= 4 is 22.7 Å². The number of rotatable bonds is 7. The summed E-state index contributed by atoms with van der Waals surface area (Å²) in [4.78, 5) is 29.4. The first-order valence-electron chi connectivity index (χ1n) is 10.7. The highest BCUT2D eigenvalue weighted by molar-refractivity contribution is 5.99. The number of aromatic nitrogens is 2. The Morgan fingerprint density at radius 1 is 1.22 bits per heavy atom. The Balaban J connectivity index is 1.66. The molecule has 2 heterocycles. The van der Waals surface area contributed by atoms with Crippen LogP contribution in [0, 0.1) is 6.92 Å². The molecular weight excluding hydrogens is 406 g/mol. The fourth-order valence-corrected chi connectivity index (χ4v) is 4.24. The number of likely N-dealkylation sites (N-methyl/N-ethyl adjacent to an activating group) is 1. The molecule has 1 aromatic heterocycles. The van der Waals surface area contributed by atoms with Crippen molar-refractivity contribution < 1.29 is 9.47 Å². The highest BCUT2D eigenvalue weighted by Gasteiger charge is 2.19. The maximum atomic E-state index is 12.9. The highest BCUT2D eigenvalue weighted by Crippen LogP contribution is 2.35. The predicted molar refractivity (Wildman–Crippen MR) is 127 cm³/mol. The van der Waals surface area contributed by atoms with Crippen LogP contribution in [-0.2, 0) is 6.54 Å². The van der Waals surface area contributed by atoms with Crippen LogP contribution in [-0.4, -0.2) is 61.6 Å². The molecule has 0 fully saturated rings. The van der Waals surface area contributed by atoms with Gasteiger partial charge in [0.2, 0.25) is 5.95 Å². The van der Waals surface area contributed by atoms with Crippen LogP contribution in [0.15, 0.2) is 40.1 Å². The van der Waals surface area contributed by atoms with Gasteiger partial charge in [0.1, 0.15) is 5.84 Å². The van der Waals surface area contributed by atoms with E-state index in [1.807, 2.05) is 24.9 Å². The van der Waals surface area contributed by atoms with Crippen LogP contribution < -0.4 is 19.9 Å². The molecule has 1 N–H and O–H groups in total. The van der Waals surface area contributed by atoms with Crippen molar-refractivity contribution in [3.63, 3.8) is 0 Å². The lowest BCUT2D eigenvalue weighted by Crippen LogP contribution is -2.28. The molecule has 2 aromatic carbocycles. The smallest absolute Gasteiger partial charge is 0.260 e. The molecule has 0 atom stereocenters. The molecule has 0 bridgehead atoms. The molecule has 4 rings (SSSR count). The third-order valence-electron chi connectivity index (χ3n) is 5.85. The molecule has 0 amide bonds. The molecule has 3 aromatic rings. The van der Waals surface area contributed by atoms with Gasteiger partial charge < -0.3 is 19.3 Å². The normalized spacial score (nSPS) is 13.4. The number of benzene rings is 2. The van der Waals surface area contributed by atoms with Crippen LogP contribution in [0.3, 0.4) is 0 Å². The Hall–Kier alpha value is -3.55. The zero-order valence-corrected chi connectivity index (χ0v) is 19.2. The lowest BCUT2D eigenvalue weighted by Gasteiger charge is -2.21. The summed E-state index contributed by atoms with van der Waals surface area (Å²) in [5.41, 5.74) is 3.29. The second-order valence-electron chi connectivity index (χ2n) is 7.86. The molecule has 1 aliphatic heterocycles. The average molecular weight is 436 g/mol. The Kier molecular flexibility index (Phi) is 6.03. The lowest BCUT2D eigenvalue weighted by atomic mass is 10.1. The van der Waals surface area contributed by atoms with E-state index in [4.69, 9.17) is 14.5 Å². The van der Waals surface area contributed by atoms with E-state index in [1.54, 1.807) is 20.3 Å². The van der Waals surface area contributed by atoms with Crippen LogP contribution in [0.25, 0.3) is 10.9 Å². The van der Waals surface area contributed by atoms with E-state index in [2.05, 4.69) is 40.0 Å². The van der Waals surface area contributed by atoms with E-state index in [0.717, 1.165) is 36.6 Å². The molecule has 0 aliphatic carbocycles. The first-order valence-corrected chi connectivity index (χ1v) is 10.7. The molecule has 0 saturated carbocycles. The zero-order valence-electron chi connectivity index (χ0n) is 19.2. The number of amidine groups is 1. The van der Waals surface area contributed by atoms with Crippen molar-refractivity contribution in [3.05, 3.63) is 57.4 Å². The van der Waals surface area contributed by atoms with Crippen molar-refractivity contribution in [3.8, 4) is 11.5 Å². The van der Waals surface area contributed by atoms with Crippen LogP contribution in [0.1, 0.15) is 23.6 Å². The molecule has 0 saturated heterocycles. The Morgan fingerprint density at radius 2 is 2.03 bits per heavy atom. The summed E-state index contributed by atoms with van der Waals surface area (Å²) in [5, 5.41) is 0.501. The van der Waals surface area contributed by atoms with Gasteiger partial charge in [0.15, 0.2) is 11.5 Å². The maximum Gasteiger partial charge on any atom is 0.260 e. The first-order chi connectivity index (χ1) is 15.5. The van der Waals surface area contributed by atoms with Gasteiger partial charge >= 0.3 is 0 Å². The number of H-pyrrole nitrogens is 1. The fraction of sp³-hybridized carbons (Fsp3) is 0.375. The SMILES string of the molecule is CCN1CCN=C1c1cccc(CN(C)c2nc3cc(OC)c(OC)c(C)c3c(=O)[nH]2)c1. The summed E-state index contributed by atoms with van der Waals surface area (Å²) >= 11 is 0. The van der Waals surface area contributed by atoms with Crippen molar-refractivity contribution in [2.75, 3.05) is 45.8 Å². The van der Waals surface area contributed by atoms with Gasteiger partial charge in [0, 0.05) is 43.9 Å². The number of ether oxygens (including phenoxy) is 2. The molecule has 168 valence electrons. The van der Waals surface area contributed by atoms with E-state index >= 15 is 0 Å². The third-order valence-corrected chi connectivity index (χ3v) is 5.85. The molecule has 1 aliphatic rings. The summed E-state index contributed by atoms with van der Waals surface area (Å²) in [5.74, 6) is 2.63. The topological polar surface area (TPSA) is 83.0 Å². The van der Waals surface area contributed by atoms with Gasteiger partial charge in [-0.1, -0.05) is 18.2 Å². The standard InChI is InChI=1S/C24H29N5O3/c1-6-29-11-10-25-22(29)17-9-7-8-16(12-17)14-28(3)24-26-18-13-19(31-4)21(32-5)15(2)20(18)23(30)27-24/h7-9,12-13H,6,10-11,14H2,1-5H3,(H,26,27,30). The average Bonchev–Trinajstić information content (AvgIpc) is 3.27. The Morgan fingerprint density at radius 3 is 2.75 bits per heavy atom. The van der Waals surface area contributed by atoms with Crippen LogP contribution in [0.4, 0.5) is 5.95 Å². The maximum absolute atomic E-state index is 12.9. The minimum absolute atomic E-state index is 0.206. The lowest BCUT2D eigenvalue weighted by molar-refractivity contribution is 0.354. The van der Waals surface area contributed by atoms with Gasteiger partial charge in [-0.05, 0) is 25.5 Å². The number of hydrogen-bond donors (Lipinski definition) is 1. The van der Waals surface area contributed by atoms with Gasteiger partial charge in [-0.3, -0.25) is 14.8 Å². The minimum atomic E-state index is -0.206. The summed E-state index contributed by atoms with van der Waals surface area (Å²) in [6.45, 7) is 7.31. The summed E-state index contributed by atoms with van der Waals surface area (Å²) in [6, 6.07) is 10.1. The first kappa shape index (κ1) is 21.7. The number of methoxy groups -OCH3 is 2. The number of aromatic amines is 1. The number of hydrogen-bond acceptors (Lipinski definition) is 7. The molecule has 8 heteroatoms. The summed E-state index contributed by atoms with van der Waals surface area (Å²) in [7, 11) is 5.05. The van der Waals surface area contributed by atoms with E-state index < -0.39 is 0 Å². The van der Waals surface area contributed by atoms with E-state index in [-0.39, 0.29) is 5.56 Å². The van der Waals surface area contributed by atoms with Crippen LogP contribution >= 0.6 is 0 Å². The number of fused-ring (bicyclic) bond motifs is 1. The van der Waals surface area contributed by atoms with Gasteiger partial charge in [-0.2, -0.15) is 0 Å². The molecule has 32 heavy (non-hydrogen) atoms. The van der Waals surface area contributed by atoms with Crippen molar-refractivity contribution in [2.24, 2.45) is 4.99 Å². The molecule has 0 unspecified atom stereocenters. The molecule has 0 radical (unpaired) electrons. The highest BCUT2D eigenvalue weighted by atomic mass is 16.5. The largest absolute Gasteiger partial charge is 0.493 e. The number of anilines is 1. The molecule has 8 nitrogen and oxygen atoms in total. The Bertz CT molecular complexity index is 1230. The third kappa shape index (κ3) is 3.88. The summed E-state index contributed by atoms with van der Waals surface area (Å²) < 4.78 is 10.9. The zero-order chi connectivity index (χ0) is 22.8. The van der Waals surface area contributed by atoms with Crippen molar-refractivity contribution in [1.82, 2.24) is 14.9 Å². The Labute approximate surface area is 187 Å². The monoisotopic (exact) mass is 435 g/mol. The quantitative estimate of drug-likeness (QED) is 0.614. The van der Waals surface area contributed by atoms with Crippen molar-refractivity contribution in [2.45, 2.75) is 20.4 Å². The van der Waals surface area contributed by atoms with E-state index in [9.17, 15) is 4.79 Å². The predicted octanol–water partition coefficient (Wildman–Crippen LogP) is 2.97. The number of nitrogens with zero attached hydrogens (tertiary/aromatic N) is 4. The molecular formula is C24H29N5O3. The van der Waals surface area contributed by atoms with E-state index in [0.29, 0.717) is 40.5 Å². The minimum Gasteiger partial charge on any atom is -0.493 e. The fourth-order valence-electron chi connectivity index (χ4n) is 4.24. The number of aryl methyl sites for hydroxylation is 1.